The van der Waals surface area contributed by atoms with Crippen LogP contribution in [0.5, 0.6) is 0 Å². The first kappa shape index (κ1) is 16.7. The minimum Gasteiger partial charge on any atom is -0.478 e. The van der Waals surface area contributed by atoms with Crippen molar-refractivity contribution in [2.45, 2.75) is 26.4 Å². The molecule has 0 saturated carbocycles. The molecular formula is C18H17FO4. The minimum absolute atomic E-state index is 0.00590. The molecule has 0 aliphatic rings. The van der Waals surface area contributed by atoms with E-state index in [-0.39, 0.29) is 11.1 Å². The van der Waals surface area contributed by atoms with Gasteiger partial charge in [-0.05, 0) is 50.1 Å². The average Bonchev–Trinajstić information content (AvgIpc) is 2.45. The van der Waals surface area contributed by atoms with Crippen molar-refractivity contribution >= 4 is 11.9 Å². The van der Waals surface area contributed by atoms with E-state index in [2.05, 4.69) is 0 Å². The van der Waals surface area contributed by atoms with Crippen molar-refractivity contribution in [3.8, 4) is 11.1 Å². The Balaban J connectivity index is 2.61. The molecule has 1 N–H and O–H groups in total. The van der Waals surface area contributed by atoms with Crippen LogP contribution in [-0.4, -0.2) is 22.6 Å². The molecule has 0 aliphatic heterocycles. The molecule has 5 heteroatoms. The fourth-order valence-electron chi connectivity index (χ4n) is 2.16. The third-order valence-electron chi connectivity index (χ3n) is 3.05. The molecule has 120 valence electrons. The Morgan fingerprint density at radius 2 is 1.61 bits per heavy atom. The molecule has 0 bridgehead atoms. The molecular weight excluding hydrogens is 299 g/mol. The highest BCUT2D eigenvalue weighted by molar-refractivity contribution is 6.02. The number of esters is 1. The standard InChI is InChI=1S/C18H17FO4/c1-18(2,3)23-17(22)15-10-11(19)8-9-13(15)12-6-4-5-7-14(12)16(20)21/h4-10H,1-3H3,(H,20,21). The summed E-state index contributed by atoms with van der Waals surface area (Å²) in [6.45, 7) is 5.11. The van der Waals surface area contributed by atoms with Gasteiger partial charge in [-0.1, -0.05) is 24.3 Å². The molecule has 0 unspecified atom stereocenters. The number of ether oxygens (including phenoxy) is 1. The molecule has 0 aromatic heterocycles. The first-order chi connectivity index (χ1) is 10.7. The largest absolute Gasteiger partial charge is 0.478 e. The quantitative estimate of drug-likeness (QED) is 0.864. The molecule has 2 aromatic carbocycles. The van der Waals surface area contributed by atoms with Crippen LogP contribution in [0.1, 0.15) is 41.5 Å². The highest BCUT2D eigenvalue weighted by atomic mass is 19.1. The highest BCUT2D eigenvalue weighted by Gasteiger charge is 2.23. The van der Waals surface area contributed by atoms with E-state index in [1.807, 2.05) is 0 Å². The lowest BCUT2D eigenvalue weighted by Gasteiger charge is -2.21. The molecule has 23 heavy (non-hydrogen) atoms. The summed E-state index contributed by atoms with van der Waals surface area (Å²) in [7, 11) is 0. The maximum absolute atomic E-state index is 13.6. The first-order valence-electron chi connectivity index (χ1n) is 7.04. The maximum atomic E-state index is 13.6. The van der Waals surface area contributed by atoms with Crippen molar-refractivity contribution in [2.24, 2.45) is 0 Å². The molecule has 4 nitrogen and oxygen atoms in total. The number of carbonyl (C=O) groups is 2. The first-order valence-corrected chi connectivity index (χ1v) is 7.04. The van der Waals surface area contributed by atoms with Gasteiger partial charge in [-0.25, -0.2) is 14.0 Å². The normalized spacial score (nSPS) is 11.1. The average molecular weight is 316 g/mol. The van der Waals surface area contributed by atoms with Crippen molar-refractivity contribution in [3.05, 3.63) is 59.4 Å². The zero-order chi connectivity index (χ0) is 17.2. The second-order valence-electron chi connectivity index (χ2n) is 6.04. The monoisotopic (exact) mass is 316 g/mol. The number of hydrogen-bond acceptors (Lipinski definition) is 3. The molecule has 0 heterocycles. The van der Waals surface area contributed by atoms with Gasteiger partial charge in [0.05, 0.1) is 11.1 Å². The SMILES string of the molecule is CC(C)(C)OC(=O)c1cc(F)ccc1-c1ccccc1C(=O)O. The number of hydrogen-bond donors (Lipinski definition) is 1. The van der Waals surface area contributed by atoms with Crippen molar-refractivity contribution in [1.29, 1.82) is 0 Å². The van der Waals surface area contributed by atoms with E-state index in [0.29, 0.717) is 11.1 Å². The lowest BCUT2D eigenvalue weighted by atomic mass is 9.95. The summed E-state index contributed by atoms with van der Waals surface area (Å²) in [4.78, 5) is 23.7. The third-order valence-corrected chi connectivity index (χ3v) is 3.05. The van der Waals surface area contributed by atoms with E-state index in [1.165, 1.54) is 18.2 Å². The van der Waals surface area contributed by atoms with E-state index in [4.69, 9.17) is 4.74 Å². The van der Waals surface area contributed by atoms with E-state index >= 15 is 0 Å². The second kappa shape index (κ2) is 6.20. The number of aromatic carboxylic acids is 1. The van der Waals surface area contributed by atoms with E-state index in [9.17, 15) is 19.1 Å². The lowest BCUT2D eigenvalue weighted by molar-refractivity contribution is 0.00696. The zero-order valence-electron chi connectivity index (χ0n) is 13.1. The Hall–Kier alpha value is -2.69. The molecule has 2 aromatic rings. The molecule has 0 fully saturated rings. The highest BCUT2D eigenvalue weighted by Crippen LogP contribution is 2.29. The number of carboxylic acid groups (broad SMARTS) is 1. The van der Waals surface area contributed by atoms with Crippen LogP contribution < -0.4 is 0 Å². The van der Waals surface area contributed by atoms with Gasteiger partial charge in [-0.15, -0.1) is 0 Å². The van der Waals surface area contributed by atoms with Crippen molar-refractivity contribution in [3.63, 3.8) is 0 Å². The van der Waals surface area contributed by atoms with Crippen molar-refractivity contribution in [1.82, 2.24) is 0 Å². The van der Waals surface area contributed by atoms with Crippen LogP contribution in [0.15, 0.2) is 42.5 Å². The summed E-state index contributed by atoms with van der Waals surface area (Å²) < 4.78 is 18.9. The number of carboxylic acids is 1. The fourth-order valence-corrected chi connectivity index (χ4v) is 2.16. The van der Waals surface area contributed by atoms with E-state index in [0.717, 1.165) is 6.07 Å². The van der Waals surface area contributed by atoms with Crippen molar-refractivity contribution in [2.75, 3.05) is 0 Å². The molecule has 0 amide bonds. The summed E-state index contributed by atoms with van der Waals surface area (Å²) in [5.74, 6) is -2.42. The van der Waals surface area contributed by atoms with Gasteiger partial charge in [0.25, 0.3) is 0 Å². The Morgan fingerprint density at radius 3 is 2.22 bits per heavy atom. The van der Waals surface area contributed by atoms with Crippen LogP contribution in [0.25, 0.3) is 11.1 Å². The van der Waals surface area contributed by atoms with Gasteiger partial charge in [-0.2, -0.15) is 0 Å². The Kier molecular flexibility index (Phi) is 4.50. The van der Waals surface area contributed by atoms with Crippen LogP contribution in [0.4, 0.5) is 4.39 Å². The van der Waals surface area contributed by atoms with E-state index in [1.54, 1.807) is 39.0 Å². The lowest BCUT2D eigenvalue weighted by Crippen LogP contribution is -2.24. The predicted molar refractivity (Wildman–Crippen MR) is 84.0 cm³/mol. The Morgan fingerprint density at radius 1 is 1.00 bits per heavy atom. The van der Waals surface area contributed by atoms with Crippen LogP contribution in [-0.2, 0) is 4.74 Å². The second-order valence-corrected chi connectivity index (χ2v) is 6.04. The summed E-state index contributed by atoms with van der Waals surface area (Å²) in [5, 5.41) is 9.31. The van der Waals surface area contributed by atoms with Gasteiger partial charge < -0.3 is 9.84 Å². The van der Waals surface area contributed by atoms with Gasteiger partial charge in [0.1, 0.15) is 11.4 Å². The molecule has 0 saturated heterocycles. The van der Waals surface area contributed by atoms with Gasteiger partial charge in [0, 0.05) is 0 Å². The van der Waals surface area contributed by atoms with Gasteiger partial charge in [0.2, 0.25) is 0 Å². The summed E-state index contributed by atoms with van der Waals surface area (Å²) >= 11 is 0. The van der Waals surface area contributed by atoms with Crippen LogP contribution in [0.2, 0.25) is 0 Å². The molecule has 0 aliphatic carbocycles. The fraction of sp³-hybridized carbons (Fsp3) is 0.222. The zero-order valence-corrected chi connectivity index (χ0v) is 13.1. The predicted octanol–water partition coefficient (Wildman–Crippen LogP) is 4.15. The Bertz CT molecular complexity index is 760. The molecule has 0 atom stereocenters. The molecule has 0 radical (unpaired) electrons. The van der Waals surface area contributed by atoms with Gasteiger partial charge in [-0.3, -0.25) is 0 Å². The number of rotatable bonds is 3. The molecule has 0 spiro atoms. The number of benzene rings is 2. The summed E-state index contributed by atoms with van der Waals surface area (Å²) in [6.07, 6.45) is 0. The Labute approximate surface area is 133 Å². The third kappa shape index (κ3) is 3.94. The summed E-state index contributed by atoms with van der Waals surface area (Å²) in [6, 6.07) is 9.87. The van der Waals surface area contributed by atoms with Crippen LogP contribution >= 0.6 is 0 Å². The van der Waals surface area contributed by atoms with Gasteiger partial charge >= 0.3 is 11.9 Å². The topological polar surface area (TPSA) is 63.6 Å². The summed E-state index contributed by atoms with van der Waals surface area (Å²) in [5.41, 5.74) is -0.0652. The van der Waals surface area contributed by atoms with Crippen LogP contribution in [0.3, 0.4) is 0 Å². The minimum atomic E-state index is -1.12. The van der Waals surface area contributed by atoms with Gasteiger partial charge in [0.15, 0.2) is 0 Å². The smallest absolute Gasteiger partial charge is 0.339 e. The number of carbonyl (C=O) groups excluding carboxylic acids is 1. The molecule has 2 rings (SSSR count). The van der Waals surface area contributed by atoms with Crippen LogP contribution in [0, 0.1) is 5.82 Å². The number of halogens is 1. The maximum Gasteiger partial charge on any atom is 0.339 e. The van der Waals surface area contributed by atoms with E-state index < -0.39 is 23.4 Å². The van der Waals surface area contributed by atoms with Crippen molar-refractivity contribution < 1.29 is 23.8 Å².